The lowest BCUT2D eigenvalue weighted by Crippen LogP contribution is -2.21. The molecule has 62 valence electrons. The van der Waals surface area contributed by atoms with Crippen LogP contribution in [-0.4, -0.2) is 19.1 Å². The molecule has 0 aromatic heterocycles. The first-order valence-corrected chi connectivity index (χ1v) is 4.29. The fourth-order valence-corrected chi connectivity index (χ4v) is 0.609. The van der Waals surface area contributed by atoms with Crippen LogP contribution in [0, 0.1) is 5.41 Å². The number of alkyl halides is 1. The Morgan fingerprint density at radius 1 is 1.40 bits per heavy atom. The predicted molar refractivity (Wildman–Crippen MR) is 45.6 cm³/mol. The minimum absolute atomic E-state index is 0.136. The number of halogens is 1. The van der Waals surface area contributed by atoms with Crippen molar-refractivity contribution in [1.29, 1.82) is 0 Å². The largest absolute Gasteiger partial charge is 0.381 e. The van der Waals surface area contributed by atoms with Crippen LogP contribution in [0.2, 0.25) is 0 Å². The summed E-state index contributed by atoms with van der Waals surface area (Å²) in [7, 11) is 0. The van der Waals surface area contributed by atoms with E-state index >= 15 is 0 Å². The average molecular weight is 165 g/mol. The summed E-state index contributed by atoms with van der Waals surface area (Å²) in [5.74, 6) is 0.663. The van der Waals surface area contributed by atoms with Gasteiger partial charge in [-0.15, -0.1) is 11.6 Å². The molecule has 0 aromatic carbocycles. The van der Waals surface area contributed by atoms with E-state index in [1.807, 2.05) is 0 Å². The van der Waals surface area contributed by atoms with Crippen molar-refractivity contribution in [1.82, 2.24) is 0 Å². The van der Waals surface area contributed by atoms with Gasteiger partial charge in [0.2, 0.25) is 0 Å². The molecule has 0 fully saturated rings. The summed E-state index contributed by atoms with van der Waals surface area (Å²) >= 11 is 5.69. The van der Waals surface area contributed by atoms with E-state index in [1.54, 1.807) is 0 Å². The van der Waals surface area contributed by atoms with Crippen molar-refractivity contribution in [2.75, 3.05) is 19.1 Å². The van der Waals surface area contributed by atoms with E-state index in [1.165, 1.54) is 0 Å². The van der Waals surface area contributed by atoms with Gasteiger partial charge in [-0.25, -0.2) is 0 Å². The van der Waals surface area contributed by atoms with Gasteiger partial charge in [-0.05, 0) is 6.42 Å². The monoisotopic (exact) mass is 164 g/mol. The van der Waals surface area contributed by atoms with Crippen LogP contribution >= 0.6 is 11.6 Å². The van der Waals surface area contributed by atoms with Crippen LogP contribution in [0.1, 0.15) is 27.2 Å². The molecule has 0 N–H and O–H groups in total. The predicted octanol–water partition coefficient (Wildman–Crippen LogP) is 2.68. The summed E-state index contributed by atoms with van der Waals surface area (Å²) in [6.07, 6.45) is 1.08. The molecule has 0 unspecified atom stereocenters. The fourth-order valence-electron chi connectivity index (χ4n) is 0.531. The van der Waals surface area contributed by atoms with E-state index < -0.39 is 0 Å². The Morgan fingerprint density at radius 2 is 2.00 bits per heavy atom. The van der Waals surface area contributed by atoms with Gasteiger partial charge < -0.3 is 4.74 Å². The van der Waals surface area contributed by atoms with Crippen molar-refractivity contribution >= 4 is 11.6 Å². The zero-order chi connectivity index (χ0) is 8.04. The highest BCUT2D eigenvalue weighted by molar-refractivity contribution is 6.18. The summed E-state index contributed by atoms with van der Waals surface area (Å²) in [6.45, 7) is 7.93. The second-order valence-electron chi connectivity index (χ2n) is 3.35. The third-order valence-corrected chi connectivity index (χ3v) is 1.93. The van der Waals surface area contributed by atoms with Gasteiger partial charge in [0.05, 0.1) is 6.61 Å². The Hall–Kier alpha value is 0.250. The lowest BCUT2D eigenvalue weighted by molar-refractivity contribution is 0.0733. The normalized spacial score (nSPS) is 12.0. The van der Waals surface area contributed by atoms with Crippen molar-refractivity contribution in [3.05, 3.63) is 0 Å². The lowest BCUT2D eigenvalue weighted by Gasteiger charge is -2.20. The van der Waals surface area contributed by atoms with E-state index in [4.69, 9.17) is 16.3 Å². The number of rotatable bonds is 5. The number of ether oxygens (including phenoxy) is 1. The first kappa shape index (κ1) is 10.2. The van der Waals surface area contributed by atoms with Gasteiger partial charge in [-0.1, -0.05) is 20.8 Å². The maximum Gasteiger partial charge on any atom is 0.0528 e. The quantitative estimate of drug-likeness (QED) is 0.449. The topological polar surface area (TPSA) is 9.23 Å². The molecular formula is C8H17ClO. The summed E-state index contributed by atoms with van der Waals surface area (Å²) in [4.78, 5) is 0. The summed E-state index contributed by atoms with van der Waals surface area (Å²) in [5.41, 5.74) is 0.136. The third kappa shape index (κ3) is 5.07. The second kappa shape index (κ2) is 4.97. The minimum atomic E-state index is 0.136. The Morgan fingerprint density at radius 3 is 2.40 bits per heavy atom. The highest BCUT2D eigenvalue weighted by Crippen LogP contribution is 2.16. The van der Waals surface area contributed by atoms with Crippen LogP contribution in [0.3, 0.4) is 0 Å². The Bertz CT molecular complexity index is 81.3. The zero-order valence-electron chi connectivity index (χ0n) is 7.11. The van der Waals surface area contributed by atoms with E-state index in [-0.39, 0.29) is 5.41 Å². The van der Waals surface area contributed by atoms with Crippen LogP contribution < -0.4 is 0 Å². The molecule has 0 radical (unpaired) electrons. The van der Waals surface area contributed by atoms with E-state index in [9.17, 15) is 0 Å². The molecule has 0 aliphatic heterocycles. The zero-order valence-corrected chi connectivity index (χ0v) is 7.87. The van der Waals surface area contributed by atoms with E-state index in [0.29, 0.717) is 5.88 Å². The fraction of sp³-hybridized carbons (Fsp3) is 1.00. The molecule has 2 heteroatoms. The van der Waals surface area contributed by atoms with Crippen LogP contribution in [0.4, 0.5) is 0 Å². The first-order valence-electron chi connectivity index (χ1n) is 3.76. The first-order chi connectivity index (χ1) is 4.62. The molecule has 0 bridgehead atoms. The molecule has 10 heavy (non-hydrogen) atoms. The lowest BCUT2D eigenvalue weighted by atomic mass is 9.98. The highest BCUT2D eigenvalue weighted by atomic mass is 35.5. The average Bonchev–Trinajstić information content (AvgIpc) is 1.89. The standard InChI is InChI=1S/C8H17ClO/c1-4-5-10-7-8(2,3)6-9/h4-7H2,1-3H3. The smallest absolute Gasteiger partial charge is 0.0528 e. The van der Waals surface area contributed by atoms with Gasteiger partial charge in [-0.2, -0.15) is 0 Å². The van der Waals surface area contributed by atoms with E-state index in [2.05, 4.69) is 20.8 Å². The maximum atomic E-state index is 5.69. The van der Waals surface area contributed by atoms with Crippen LogP contribution in [0.25, 0.3) is 0 Å². The number of hydrogen-bond acceptors (Lipinski definition) is 1. The van der Waals surface area contributed by atoms with Gasteiger partial charge in [0, 0.05) is 17.9 Å². The molecule has 0 rings (SSSR count). The molecule has 0 saturated carbocycles. The molecule has 0 saturated heterocycles. The minimum Gasteiger partial charge on any atom is -0.381 e. The Labute approximate surface area is 68.7 Å². The van der Waals surface area contributed by atoms with Crippen LogP contribution in [0.15, 0.2) is 0 Å². The number of hydrogen-bond donors (Lipinski definition) is 0. The summed E-state index contributed by atoms with van der Waals surface area (Å²) in [6, 6.07) is 0. The van der Waals surface area contributed by atoms with Gasteiger partial charge in [-0.3, -0.25) is 0 Å². The summed E-state index contributed by atoms with van der Waals surface area (Å²) in [5, 5.41) is 0. The van der Waals surface area contributed by atoms with E-state index in [0.717, 1.165) is 19.6 Å². The van der Waals surface area contributed by atoms with Crippen LogP contribution in [-0.2, 0) is 4.74 Å². The Kier molecular flexibility index (Phi) is 5.10. The SMILES string of the molecule is CCCOCC(C)(C)CCl. The van der Waals surface area contributed by atoms with Gasteiger partial charge in [0.1, 0.15) is 0 Å². The molecule has 0 atom stereocenters. The molecular weight excluding hydrogens is 148 g/mol. The molecule has 1 nitrogen and oxygen atoms in total. The Balaban J connectivity index is 3.28. The summed E-state index contributed by atoms with van der Waals surface area (Å²) < 4.78 is 5.35. The maximum absolute atomic E-state index is 5.69. The van der Waals surface area contributed by atoms with Crippen LogP contribution in [0.5, 0.6) is 0 Å². The van der Waals surface area contributed by atoms with Crippen molar-refractivity contribution in [3.63, 3.8) is 0 Å². The molecule has 0 spiro atoms. The molecule has 0 amide bonds. The van der Waals surface area contributed by atoms with Crippen molar-refractivity contribution in [2.24, 2.45) is 5.41 Å². The van der Waals surface area contributed by atoms with Crippen molar-refractivity contribution < 1.29 is 4.74 Å². The van der Waals surface area contributed by atoms with Crippen molar-refractivity contribution in [3.8, 4) is 0 Å². The van der Waals surface area contributed by atoms with Gasteiger partial charge in [0.25, 0.3) is 0 Å². The molecule has 0 aliphatic rings. The highest BCUT2D eigenvalue weighted by Gasteiger charge is 2.15. The van der Waals surface area contributed by atoms with Gasteiger partial charge in [0.15, 0.2) is 0 Å². The third-order valence-electron chi connectivity index (χ3n) is 1.20. The van der Waals surface area contributed by atoms with Crippen molar-refractivity contribution in [2.45, 2.75) is 27.2 Å². The molecule has 0 aromatic rings. The molecule has 0 aliphatic carbocycles. The molecule has 0 heterocycles. The van der Waals surface area contributed by atoms with Gasteiger partial charge >= 0.3 is 0 Å². The second-order valence-corrected chi connectivity index (χ2v) is 3.62.